The van der Waals surface area contributed by atoms with Crippen molar-refractivity contribution < 1.29 is 9.57 Å². The van der Waals surface area contributed by atoms with E-state index in [1.165, 1.54) is 0 Å². The molecule has 1 fully saturated rings. The Morgan fingerprint density at radius 3 is 1.80 bits per heavy atom. The number of hydrogen-bond acceptors (Lipinski definition) is 3. The quantitative estimate of drug-likeness (QED) is 0.548. The molecule has 0 amide bonds. The predicted molar refractivity (Wildman–Crippen MR) is 84.3 cm³/mol. The third-order valence-electron chi connectivity index (χ3n) is 3.81. The summed E-state index contributed by atoms with van der Waals surface area (Å²) < 4.78 is 6.22. The largest absolute Gasteiger partial charge is 0.492 e. The predicted octanol–water partition coefficient (Wildman–Crippen LogP) is 4.46. The first-order chi connectivity index (χ1) is 8.94. The van der Waals surface area contributed by atoms with Crippen LogP contribution < -0.4 is 0 Å². The van der Waals surface area contributed by atoms with Gasteiger partial charge in [0, 0.05) is 30.3 Å². The van der Waals surface area contributed by atoms with Crippen LogP contribution in [-0.4, -0.2) is 28.9 Å². The second kappa shape index (κ2) is 5.53. The van der Waals surface area contributed by atoms with Gasteiger partial charge in [0.1, 0.15) is 5.60 Å². The number of allylic oxidation sites excluding steroid dienone is 1. The van der Waals surface area contributed by atoms with Gasteiger partial charge in [0.2, 0.25) is 0 Å². The molecule has 116 valence electrons. The Morgan fingerprint density at radius 1 is 1.05 bits per heavy atom. The van der Waals surface area contributed by atoms with Crippen LogP contribution in [0.2, 0.25) is 0 Å². The van der Waals surface area contributed by atoms with Crippen molar-refractivity contribution >= 4 is 0 Å². The molecule has 1 rings (SSSR count). The minimum Gasteiger partial charge on any atom is -0.492 e. The van der Waals surface area contributed by atoms with Crippen molar-refractivity contribution in [3.05, 3.63) is 24.5 Å². The maximum Gasteiger partial charge on any atom is 0.116 e. The summed E-state index contributed by atoms with van der Waals surface area (Å²) in [5.41, 5.74) is 0.673. The zero-order valence-electron chi connectivity index (χ0n) is 14.3. The van der Waals surface area contributed by atoms with Crippen LogP contribution in [0.3, 0.4) is 0 Å². The van der Waals surface area contributed by atoms with Crippen molar-refractivity contribution in [1.82, 2.24) is 5.06 Å². The van der Waals surface area contributed by atoms with E-state index in [-0.39, 0.29) is 16.7 Å². The third kappa shape index (κ3) is 3.64. The fraction of sp³-hybridized carbons (Fsp3) is 0.765. The molecule has 3 heteroatoms. The van der Waals surface area contributed by atoms with E-state index < -0.39 is 0 Å². The topological polar surface area (TPSA) is 21.7 Å². The molecule has 0 saturated carbocycles. The molecule has 1 aliphatic heterocycles. The summed E-state index contributed by atoms with van der Waals surface area (Å²) in [6.45, 7) is 20.8. The van der Waals surface area contributed by atoms with E-state index in [2.05, 4.69) is 52.8 Å². The van der Waals surface area contributed by atoms with Crippen LogP contribution in [0.4, 0.5) is 0 Å². The van der Waals surface area contributed by atoms with Crippen molar-refractivity contribution in [2.75, 3.05) is 7.11 Å². The van der Waals surface area contributed by atoms with E-state index in [0.29, 0.717) is 0 Å². The fourth-order valence-corrected chi connectivity index (χ4v) is 4.25. The van der Waals surface area contributed by atoms with Crippen molar-refractivity contribution in [3.8, 4) is 0 Å². The Labute approximate surface area is 124 Å². The lowest BCUT2D eigenvalue weighted by atomic mass is 9.70. The lowest BCUT2D eigenvalue weighted by Gasteiger charge is -2.57. The smallest absolute Gasteiger partial charge is 0.116 e. The summed E-state index contributed by atoms with van der Waals surface area (Å²) in [5, 5.41) is 2.10. The number of hydrogen-bond donors (Lipinski definition) is 0. The standard InChI is InChI=1S/C17H31NO2/c1-13(2)10-17(20-14(3)4)11-15(5,6)18(19-9)16(7,8)12-17/h1,3,10-12H2,2,4-9H3. The van der Waals surface area contributed by atoms with Gasteiger partial charge in [-0.15, -0.1) is 0 Å². The molecule has 0 aliphatic carbocycles. The van der Waals surface area contributed by atoms with Gasteiger partial charge in [0.25, 0.3) is 0 Å². The van der Waals surface area contributed by atoms with Crippen LogP contribution in [-0.2, 0) is 9.57 Å². The molecule has 0 atom stereocenters. The molecule has 1 aliphatic rings. The van der Waals surface area contributed by atoms with E-state index in [4.69, 9.17) is 9.57 Å². The molecule has 0 N–H and O–H groups in total. The van der Waals surface area contributed by atoms with Crippen LogP contribution in [0.5, 0.6) is 0 Å². The highest BCUT2D eigenvalue weighted by Crippen LogP contribution is 2.48. The molecular weight excluding hydrogens is 250 g/mol. The summed E-state index contributed by atoms with van der Waals surface area (Å²) in [5.74, 6) is 0.767. The first-order valence-electron chi connectivity index (χ1n) is 7.27. The Hall–Kier alpha value is -0.800. The molecule has 0 spiro atoms. The normalized spacial score (nSPS) is 24.1. The van der Waals surface area contributed by atoms with Crippen molar-refractivity contribution in [2.45, 2.75) is 77.5 Å². The molecule has 1 heterocycles. The number of rotatable bonds is 5. The molecule has 1 saturated heterocycles. The van der Waals surface area contributed by atoms with Gasteiger partial charge in [0.15, 0.2) is 0 Å². The molecule has 0 unspecified atom stereocenters. The molecule has 3 nitrogen and oxygen atoms in total. The number of hydroxylamine groups is 2. The number of nitrogens with zero attached hydrogens (tertiary/aromatic N) is 1. The first-order valence-corrected chi connectivity index (χ1v) is 7.27. The van der Waals surface area contributed by atoms with Crippen LogP contribution >= 0.6 is 0 Å². The van der Waals surface area contributed by atoms with Gasteiger partial charge in [-0.05, 0) is 41.5 Å². The Kier molecular flexibility index (Phi) is 4.77. The van der Waals surface area contributed by atoms with Crippen LogP contribution in [0, 0.1) is 0 Å². The Bertz CT molecular complexity index is 360. The Balaban J connectivity index is 3.20. The first kappa shape index (κ1) is 17.3. The van der Waals surface area contributed by atoms with E-state index >= 15 is 0 Å². The maximum absolute atomic E-state index is 6.22. The highest BCUT2D eigenvalue weighted by atomic mass is 16.7. The summed E-state index contributed by atoms with van der Waals surface area (Å²) in [6.07, 6.45) is 2.62. The van der Waals surface area contributed by atoms with E-state index in [9.17, 15) is 0 Å². The van der Waals surface area contributed by atoms with Gasteiger partial charge in [-0.2, -0.15) is 5.06 Å². The highest BCUT2D eigenvalue weighted by Gasteiger charge is 2.54. The van der Waals surface area contributed by atoms with Gasteiger partial charge in [-0.25, -0.2) is 0 Å². The zero-order chi connectivity index (χ0) is 15.8. The number of piperidine rings is 1. The van der Waals surface area contributed by atoms with Crippen molar-refractivity contribution in [1.29, 1.82) is 0 Å². The van der Waals surface area contributed by atoms with Crippen molar-refractivity contribution in [2.24, 2.45) is 0 Å². The van der Waals surface area contributed by atoms with E-state index in [0.717, 1.165) is 30.6 Å². The second-order valence-electron chi connectivity index (χ2n) is 7.58. The highest BCUT2D eigenvalue weighted by molar-refractivity contribution is 5.11. The van der Waals surface area contributed by atoms with E-state index in [1.807, 2.05) is 6.92 Å². The molecule has 0 aromatic rings. The average Bonchev–Trinajstić information content (AvgIpc) is 2.09. The van der Waals surface area contributed by atoms with E-state index in [1.54, 1.807) is 7.11 Å². The summed E-state index contributed by atoms with van der Waals surface area (Å²) in [7, 11) is 1.74. The lowest BCUT2D eigenvalue weighted by molar-refractivity contribution is -0.293. The van der Waals surface area contributed by atoms with Gasteiger partial charge in [-0.3, -0.25) is 0 Å². The van der Waals surface area contributed by atoms with Crippen LogP contribution in [0.15, 0.2) is 24.5 Å². The van der Waals surface area contributed by atoms with Gasteiger partial charge < -0.3 is 9.57 Å². The lowest BCUT2D eigenvalue weighted by Crippen LogP contribution is -2.65. The SMILES string of the molecule is C=C(C)CC1(OC(=C)C)CC(C)(C)N(OC)C(C)(C)C1. The molecule has 0 radical (unpaired) electrons. The van der Waals surface area contributed by atoms with Gasteiger partial charge in [0.05, 0.1) is 12.9 Å². The summed E-state index contributed by atoms with van der Waals surface area (Å²) in [4.78, 5) is 5.66. The van der Waals surface area contributed by atoms with Gasteiger partial charge in [-0.1, -0.05) is 18.7 Å². The minimum absolute atomic E-state index is 0.110. The van der Waals surface area contributed by atoms with Crippen molar-refractivity contribution in [3.63, 3.8) is 0 Å². The maximum atomic E-state index is 6.22. The van der Waals surface area contributed by atoms with Gasteiger partial charge >= 0.3 is 0 Å². The summed E-state index contributed by atoms with van der Waals surface area (Å²) >= 11 is 0. The molecule has 0 aromatic heterocycles. The Morgan fingerprint density at radius 2 is 1.50 bits per heavy atom. The summed E-state index contributed by atoms with van der Waals surface area (Å²) in [6, 6.07) is 0. The van der Waals surface area contributed by atoms with Crippen LogP contribution in [0.1, 0.15) is 60.8 Å². The zero-order valence-corrected chi connectivity index (χ0v) is 14.3. The number of ether oxygens (including phenoxy) is 1. The molecular formula is C17H31NO2. The molecule has 0 aromatic carbocycles. The monoisotopic (exact) mass is 281 g/mol. The fourth-order valence-electron chi connectivity index (χ4n) is 4.25. The molecule has 0 bridgehead atoms. The molecule has 20 heavy (non-hydrogen) atoms. The third-order valence-corrected chi connectivity index (χ3v) is 3.81. The average molecular weight is 281 g/mol. The minimum atomic E-state index is -0.250. The second-order valence-corrected chi connectivity index (χ2v) is 7.58. The van der Waals surface area contributed by atoms with Crippen LogP contribution in [0.25, 0.3) is 0 Å².